The Labute approximate surface area is 181 Å². The Kier molecular flexibility index (Phi) is 6.64. The first-order valence-electron chi connectivity index (χ1n) is 8.70. The number of carbonyl (C=O) groups excluding carboxylic acids is 2. The highest BCUT2D eigenvalue weighted by molar-refractivity contribution is 6.31. The Morgan fingerprint density at radius 1 is 1.10 bits per heavy atom. The molecule has 0 aliphatic carbocycles. The number of aromatic nitrogens is 1. The summed E-state index contributed by atoms with van der Waals surface area (Å²) < 4.78 is 27.7. The number of hydrogen-bond donors (Lipinski definition) is 1. The van der Waals surface area contributed by atoms with Gasteiger partial charge in [-0.2, -0.15) is 0 Å². The summed E-state index contributed by atoms with van der Waals surface area (Å²) in [5, 5.41) is 2.87. The van der Waals surface area contributed by atoms with Crippen LogP contribution in [0, 0.1) is 11.6 Å². The minimum absolute atomic E-state index is 0.0747. The van der Waals surface area contributed by atoms with Crippen LogP contribution in [0.3, 0.4) is 0 Å². The van der Waals surface area contributed by atoms with E-state index < -0.39 is 23.4 Å². The van der Waals surface area contributed by atoms with E-state index in [1.165, 1.54) is 49.5 Å². The number of carbonyl (C=O) groups is 2. The van der Waals surface area contributed by atoms with Crippen LogP contribution in [0.2, 0.25) is 10.0 Å². The van der Waals surface area contributed by atoms with E-state index in [1.54, 1.807) is 0 Å². The Hall–Kier alpha value is -3.03. The van der Waals surface area contributed by atoms with E-state index in [2.05, 4.69) is 10.3 Å². The number of anilines is 3. The van der Waals surface area contributed by atoms with Crippen molar-refractivity contribution in [2.75, 3.05) is 10.2 Å². The fourth-order valence-corrected chi connectivity index (χ4v) is 3.28. The molecule has 0 aliphatic heterocycles. The third kappa shape index (κ3) is 5.11. The van der Waals surface area contributed by atoms with Gasteiger partial charge in [0, 0.05) is 40.5 Å². The highest BCUT2D eigenvalue weighted by Crippen LogP contribution is 2.29. The average molecular weight is 450 g/mol. The van der Waals surface area contributed by atoms with Crippen LogP contribution in [0.15, 0.2) is 54.7 Å². The Morgan fingerprint density at radius 2 is 1.87 bits per heavy atom. The molecule has 1 N–H and O–H groups in total. The molecule has 9 heteroatoms. The molecule has 1 heterocycles. The summed E-state index contributed by atoms with van der Waals surface area (Å²) in [6, 6.07) is 10.8. The first-order chi connectivity index (χ1) is 14.2. The van der Waals surface area contributed by atoms with Gasteiger partial charge in [-0.05, 0) is 36.4 Å². The van der Waals surface area contributed by atoms with Crippen molar-refractivity contribution in [1.29, 1.82) is 0 Å². The molecule has 0 fully saturated rings. The van der Waals surface area contributed by atoms with E-state index in [0.29, 0.717) is 5.69 Å². The quantitative estimate of drug-likeness (QED) is 0.556. The molecule has 0 saturated carbocycles. The average Bonchev–Trinajstić information content (AvgIpc) is 2.64. The number of rotatable bonds is 5. The molecule has 0 bridgehead atoms. The first kappa shape index (κ1) is 21.7. The van der Waals surface area contributed by atoms with Crippen molar-refractivity contribution >= 4 is 52.2 Å². The molecule has 2 amide bonds. The summed E-state index contributed by atoms with van der Waals surface area (Å²) in [4.78, 5) is 29.8. The van der Waals surface area contributed by atoms with E-state index in [4.69, 9.17) is 23.2 Å². The first-order valence-corrected chi connectivity index (χ1v) is 9.46. The second-order valence-electron chi connectivity index (χ2n) is 6.31. The van der Waals surface area contributed by atoms with E-state index in [9.17, 15) is 18.4 Å². The van der Waals surface area contributed by atoms with Crippen molar-refractivity contribution in [2.45, 2.75) is 13.3 Å². The lowest BCUT2D eigenvalue weighted by molar-refractivity contribution is -0.116. The number of halogens is 4. The summed E-state index contributed by atoms with van der Waals surface area (Å²) in [6.07, 6.45) is 1.09. The van der Waals surface area contributed by atoms with Crippen LogP contribution in [0.5, 0.6) is 0 Å². The van der Waals surface area contributed by atoms with E-state index in [0.717, 1.165) is 17.0 Å². The van der Waals surface area contributed by atoms with Gasteiger partial charge in [-0.1, -0.05) is 29.3 Å². The molecular weight excluding hydrogens is 435 g/mol. The zero-order chi connectivity index (χ0) is 21.8. The molecule has 154 valence electrons. The molecule has 30 heavy (non-hydrogen) atoms. The molecule has 1 aromatic heterocycles. The van der Waals surface area contributed by atoms with Gasteiger partial charge in [-0.3, -0.25) is 14.5 Å². The number of benzene rings is 2. The van der Waals surface area contributed by atoms with Crippen LogP contribution in [-0.4, -0.2) is 16.8 Å². The molecule has 0 atom stereocenters. The lowest BCUT2D eigenvalue weighted by Crippen LogP contribution is -2.24. The second-order valence-corrected chi connectivity index (χ2v) is 7.15. The van der Waals surface area contributed by atoms with Crippen molar-refractivity contribution < 1.29 is 18.4 Å². The van der Waals surface area contributed by atoms with Gasteiger partial charge in [0.2, 0.25) is 11.8 Å². The predicted molar refractivity (Wildman–Crippen MR) is 112 cm³/mol. The molecule has 2 aromatic carbocycles. The fraction of sp³-hybridized carbons (Fsp3) is 0.0952. The van der Waals surface area contributed by atoms with Crippen LogP contribution in [-0.2, 0) is 16.0 Å². The number of pyridine rings is 1. The van der Waals surface area contributed by atoms with Gasteiger partial charge in [0.15, 0.2) is 0 Å². The van der Waals surface area contributed by atoms with Crippen LogP contribution in [0.4, 0.5) is 26.0 Å². The summed E-state index contributed by atoms with van der Waals surface area (Å²) in [7, 11) is 0. The maximum Gasteiger partial charge on any atom is 0.229 e. The summed E-state index contributed by atoms with van der Waals surface area (Å²) in [5.74, 6) is -2.01. The van der Waals surface area contributed by atoms with Crippen LogP contribution >= 0.6 is 23.2 Å². The summed E-state index contributed by atoms with van der Waals surface area (Å²) in [5.41, 5.74) is 0.568. The lowest BCUT2D eigenvalue weighted by atomic mass is 10.1. The molecule has 3 rings (SSSR count). The second kappa shape index (κ2) is 9.19. The minimum atomic E-state index is -0.616. The normalized spacial score (nSPS) is 10.6. The highest BCUT2D eigenvalue weighted by atomic mass is 35.5. The molecule has 5 nitrogen and oxygen atoms in total. The van der Waals surface area contributed by atoms with Crippen molar-refractivity contribution in [3.8, 4) is 0 Å². The smallest absolute Gasteiger partial charge is 0.229 e. The van der Waals surface area contributed by atoms with Gasteiger partial charge < -0.3 is 5.32 Å². The summed E-state index contributed by atoms with van der Waals surface area (Å²) in [6.45, 7) is 1.28. The van der Waals surface area contributed by atoms with Crippen molar-refractivity contribution in [3.63, 3.8) is 0 Å². The number of amides is 2. The number of nitrogens with one attached hydrogen (secondary N) is 1. The van der Waals surface area contributed by atoms with Crippen molar-refractivity contribution in [3.05, 3.63) is 82.0 Å². The molecule has 0 aliphatic rings. The van der Waals surface area contributed by atoms with Crippen LogP contribution in [0.25, 0.3) is 0 Å². The minimum Gasteiger partial charge on any atom is -0.326 e. The van der Waals surface area contributed by atoms with Crippen LogP contribution < -0.4 is 10.2 Å². The van der Waals surface area contributed by atoms with Gasteiger partial charge >= 0.3 is 0 Å². The van der Waals surface area contributed by atoms with Gasteiger partial charge in [0.25, 0.3) is 0 Å². The fourth-order valence-electron chi connectivity index (χ4n) is 2.83. The van der Waals surface area contributed by atoms with Gasteiger partial charge in [0.1, 0.15) is 17.5 Å². The SMILES string of the molecule is CC(=O)N(c1cc(F)cc(Cl)c1)c1cc(NC(=O)Cc2c(F)cccc2Cl)ccn1. The molecule has 3 aromatic rings. The molecular formula is C21H15Cl2F2N3O2. The van der Waals surface area contributed by atoms with Gasteiger partial charge in [-0.15, -0.1) is 0 Å². The zero-order valence-electron chi connectivity index (χ0n) is 15.6. The topological polar surface area (TPSA) is 62.3 Å². The Bertz CT molecular complexity index is 1080. The highest BCUT2D eigenvalue weighted by Gasteiger charge is 2.18. The standard InChI is InChI=1S/C21H15Cl2F2N3O2/c1-12(29)28(16-8-13(22)7-14(24)9-16)20-10-15(5-6-26-20)27-21(30)11-17-18(23)3-2-4-19(17)25/h2-10H,11H2,1H3,(H,26,27,30). The Balaban J connectivity index is 1.85. The molecule has 0 spiro atoms. The monoisotopic (exact) mass is 449 g/mol. The largest absolute Gasteiger partial charge is 0.326 e. The van der Waals surface area contributed by atoms with Crippen LogP contribution in [0.1, 0.15) is 12.5 Å². The third-order valence-electron chi connectivity index (χ3n) is 4.08. The predicted octanol–water partition coefficient (Wildman–Crippen LogP) is 5.53. The zero-order valence-corrected chi connectivity index (χ0v) is 17.1. The lowest BCUT2D eigenvalue weighted by Gasteiger charge is -2.21. The molecule has 0 unspecified atom stereocenters. The van der Waals surface area contributed by atoms with Crippen molar-refractivity contribution in [2.24, 2.45) is 0 Å². The molecule has 0 radical (unpaired) electrons. The Morgan fingerprint density at radius 3 is 2.53 bits per heavy atom. The van der Waals surface area contributed by atoms with Crippen molar-refractivity contribution in [1.82, 2.24) is 4.98 Å². The third-order valence-corrected chi connectivity index (χ3v) is 4.65. The van der Waals surface area contributed by atoms with E-state index >= 15 is 0 Å². The number of nitrogens with zero attached hydrogens (tertiary/aromatic N) is 2. The van der Waals surface area contributed by atoms with Gasteiger partial charge in [0.05, 0.1) is 12.1 Å². The maximum absolute atomic E-state index is 13.9. The van der Waals surface area contributed by atoms with E-state index in [1.807, 2.05) is 0 Å². The maximum atomic E-state index is 13.9. The number of hydrogen-bond acceptors (Lipinski definition) is 3. The summed E-state index contributed by atoms with van der Waals surface area (Å²) >= 11 is 11.8. The van der Waals surface area contributed by atoms with E-state index in [-0.39, 0.29) is 33.5 Å². The van der Waals surface area contributed by atoms with Gasteiger partial charge in [-0.25, -0.2) is 13.8 Å². The molecule has 0 saturated heterocycles.